The Labute approximate surface area is 467 Å². The summed E-state index contributed by atoms with van der Waals surface area (Å²) in [7, 11) is 0. The Morgan fingerprint density at radius 1 is 0.691 bits per heavy atom. The average Bonchev–Trinajstić information content (AvgIpc) is 4.01. The summed E-state index contributed by atoms with van der Waals surface area (Å²) in [5.41, 5.74) is 7.90. The van der Waals surface area contributed by atoms with Gasteiger partial charge >= 0.3 is 11.9 Å². The molecule has 17 heteroatoms. The second-order valence-electron chi connectivity index (χ2n) is 20.4. The Bertz CT molecular complexity index is 3670. The number of esters is 2. The number of carbonyl (C=O) groups excluding carboxylic acids is 3. The van der Waals surface area contributed by atoms with E-state index in [9.17, 15) is 29.4 Å². The van der Waals surface area contributed by atoms with Crippen LogP contribution in [-0.2, 0) is 80.4 Å². The first-order chi connectivity index (χ1) is 39.4. The number of fused-ring (bicyclic) bond motifs is 5. The van der Waals surface area contributed by atoms with Crippen molar-refractivity contribution in [1.82, 2.24) is 44.6 Å². The van der Waals surface area contributed by atoms with Crippen LogP contribution < -0.4 is 15.6 Å². The highest BCUT2D eigenvalue weighted by Gasteiger charge is 2.45. The monoisotopic (exact) mass is 1080 g/mol. The van der Waals surface area contributed by atoms with Gasteiger partial charge in [0.2, 0.25) is 0 Å². The topological polar surface area (TPSA) is 215 Å². The fourth-order valence-corrected chi connectivity index (χ4v) is 10.9. The lowest BCUT2D eigenvalue weighted by Gasteiger charge is -2.31. The van der Waals surface area contributed by atoms with Crippen molar-refractivity contribution < 1.29 is 34.1 Å². The largest absolute Gasteiger partial charge is 0.507 e. The molecule has 1 amide bonds. The van der Waals surface area contributed by atoms with E-state index < -0.39 is 17.5 Å². The molecule has 81 heavy (non-hydrogen) atoms. The number of aliphatic hydroxyl groups is 1. The fourth-order valence-electron chi connectivity index (χ4n) is 10.9. The number of aryl methyl sites for hydroxylation is 1. The third-order valence-corrected chi connectivity index (χ3v) is 15.0. The Kier molecular flexibility index (Phi) is 15.6. The summed E-state index contributed by atoms with van der Waals surface area (Å²) >= 11 is 0. The minimum absolute atomic E-state index is 0.0381. The van der Waals surface area contributed by atoms with Gasteiger partial charge in [-0.1, -0.05) is 56.3 Å². The van der Waals surface area contributed by atoms with E-state index in [-0.39, 0.29) is 71.3 Å². The number of phenols is 1. The van der Waals surface area contributed by atoms with E-state index in [1.807, 2.05) is 91.9 Å². The number of aromatic hydroxyl groups is 1. The third-order valence-electron chi connectivity index (χ3n) is 15.0. The van der Waals surface area contributed by atoms with E-state index in [0.29, 0.717) is 80.1 Å². The van der Waals surface area contributed by atoms with Gasteiger partial charge in [-0.25, -0.2) is 14.6 Å². The number of rotatable bonds is 20. The SMILES string of the molecule is CCc1c2c(nc3ccc(OC(=O)c4cccc(C(=O)NCCc5cc(CN(Cc6ccccn6)Cc6ccccn6)c(O)c(CN(Cc6ccccn6)Cc6ccccn6)c5)c4)cc13)-c1cc3c(c(=O)n1C2)COC(=O)C3(O)CC. The van der Waals surface area contributed by atoms with Crippen LogP contribution in [0.3, 0.4) is 0 Å². The van der Waals surface area contributed by atoms with Gasteiger partial charge in [0.1, 0.15) is 18.1 Å². The normalized spacial score (nSPS) is 14.4. The molecule has 0 aliphatic carbocycles. The Hall–Kier alpha value is -9.29. The van der Waals surface area contributed by atoms with Crippen LogP contribution in [0.25, 0.3) is 22.3 Å². The molecule has 9 aromatic rings. The number of phenolic OH excluding ortho intramolecular Hbond substituents is 1. The van der Waals surface area contributed by atoms with Gasteiger partial charge in [-0.2, -0.15) is 0 Å². The van der Waals surface area contributed by atoms with Crippen molar-refractivity contribution in [3.63, 3.8) is 0 Å². The Morgan fingerprint density at radius 3 is 1.81 bits per heavy atom. The van der Waals surface area contributed by atoms with E-state index in [0.717, 1.165) is 44.9 Å². The molecule has 0 spiro atoms. The number of nitrogens with zero attached hydrogens (tertiary/aromatic N) is 8. The number of nitrogens with one attached hydrogen (secondary N) is 1. The molecule has 1 atom stereocenters. The van der Waals surface area contributed by atoms with Gasteiger partial charge in [0.05, 0.1) is 57.4 Å². The highest BCUT2D eigenvalue weighted by molar-refractivity contribution is 5.99. The van der Waals surface area contributed by atoms with Crippen LogP contribution in [0.1, 0.15) is 103 Å². The summed E-state index contributed by atoms with van der Waals surface area (Å²) in [6.45, 7) is 6.68. The molecule has 0 fully saturated rings. The molecule has 1 unspecified atom stereocenters. The minimum Gasteiger partial charge on any atom is -0.507 e. The molecule has 2 aliphatic rings. The van der Waals surface area contributed by atoms with E-state index in [1.165, 1.54) is 6.07 Å². The summed E-state index contributed by atoms with van der Waals surface area (Å²) in [5.74, 6) is -1.38. The molecule has 3 aromatic carbocycles. The van der Waals surface area contributed by atoms with Crippen molar-refractivity contribution in [1.29, 1.82) is 0 Å². The Morgan fingerprint density at radius 2 is 1.27 bits per heavy atom. The molecule has 3 N–H and O–H groups in total. The molecule has 0 saturated carbocycles. The van der Waals surface area contributed by atoms with Crippen molar-refractivity contribution in [2.75, 3.05) is 6.54 Å². The average molecular weight is 1080 g/mol. The van der Waals surface area contributed by atoms with E-state index in [1.54, 1.807) is 78.7 Å². The zero-order chi connectivity index (χ0) is 56.0. The summed E-state index contributed by atoms with van der Waals surface area (Å²) < 4.78 is 12.8. The molecule has 8 heterocycles. The standard InChI is InChI=1S/C64H59N9O8/c1-3-51-52-31-50(20-21-56(52)70-58-53(51)39-73-57(58)32-55-54(61(73)76)40-80-63(78)64(55,79)4-2)81-62(77)43-15-13-14-42(30-43)60(75)69-27-22-41-28-44(33-71(35-46-16-5-9-23-65-46)36-47-17-6-10-24-66-47)59(74)45(29-41)34-72(37-48-18-7-11-25-67-48)38-49-19-8-12-26-68-49/h5-21,23-26,28-32,74,79H,3-4,22,27,33-40H2,1-2H3,(H,69,75). The van der Waals surface area contributed by atoms with Crippen molar-refractivity contribution >= 4 is 28.7 Å². The number of pyridine rings is 6. The summed E-state index contributed by atoms with van der Waals surface area (Å²) in [6, 6.07) is 40.5. The van der Waals surface area contributed by atoms with Gasteiger partial charge in [-0.05, 0) is 121 Å². The zero-order valence-corrected chi connectivity index (χ0v) is 44.9. The summed E-state index contributed by atoms with van der Waals surface area (Å²) in [5, 5.41) is 27.4. The molecule has 2 aliphatic heterocycles. The first kappa shape index (κ1) is 53.7. The van der Waals surface area contributed by atoms with Crippen LogP contribution in [0, 0.1) is 0 Å². The van der Waals surface area contributed by atoms with Crippen LogP contribution in [0.2, 0.25) is 0 Å². The Balaban J connectivity index is 0.815. The van der Waals surface area contributed by atoms with Crippen LogP contribution in [0.4, 0.5) is 0 Å². The smallest absolute Gasteiger partial charge is 0.343 e. The second-order valence-corrected chi connectivity index (χ2v) is 20.4. The van der Waals surface area contributed by atoms with Crippen LogP contribution in [-0.4, -0.2) is 73.9 Å². The van der Waals surface area contributed by atoms with Crippen LogP contribution >= 0.6 is 0 Å². The summed E-state index contributed by atoms with van der Waals surface area (Å²) in [6.07, 6.45) is 8.12. The van der Waals surface area contributed by atoms with E-state index >= 15 is 0 Å². The number of cyclic esters (lactones) is 1. The van der Waals surface area contributed by atoms with Gasteiger partial charge in [-0.15, -0.1) is 0 Å². The van der Waals surface area contributed by atoms with E-state index in [4.69, 9.17) is 14.5 Å². The maximum Gasteiger partial charge on any atom is 0.343 e. The molecule has 408 valence electrons. The first-order valence-electron chi connectivity index (χ1n) is 27.1. The highest BCUT2D eigenvalue weighted by atomic mass is 16.6. The number of hydrogen-bond acceptors (Lipinski definition) is 15. The van der Waals surface area contributed by atoms with Crippen LogP contribution in [0.15, 0.2) is 163 Å². The maximum atomic E-state index is 13.9. The van der Waals surface area contributed by atoms with Gasteiger partial charge in [-0.3, -0.25) is 39.3 Å². The predicted octanol–water partition coefficient (Wildman–Crippen LogP) is 8.52. The zero-order valence-electron chi connectivity index (χ0n) is 44.9. The number of carbonyl (C=O) groups is 3. The van der Waals surface area contributed by atoms with Gasteiger partial charge in [0, 0.05) is 104 Å². The quantitative estimate of drug-likeness (QED) is 0.0482. The molecule has 0 radical (unpaired) electrons. The minimum atomic E-state index is -1.94. The lowest BCUT2D eigenvalue weighted by atomic mass is 9.86. The molecular weight excluding hydrogens is 1020 g/mol. The molecule has 17 nitrogen and oxygen atoms in total. The molecule has 6 aromatic heterocycles. The predicted molar refractivity (Wildman–Crippen MR) is 302 cm³/mol. The van der Waals surface area contributed by atoms with E-state index in [2.05, 4.69) is 35.1 Å². The number of hydrogen-bond donors (Lipinski definition) is 3. The van der Waals surface area contributed by atoms with Gasteiger partial charge in [0.25, 0.3) is 11.5 Å². The fraction of sp³-hybridized carbons (Fsp3) is 0.234. The lowest BCUT2D eigenvalue weighted by Crippen LogP contribution is -2.44. The molecule has 0 bridgehead atoms. The van der Waals surface area contributed by atoms with Gasteiger partial charge in [0.15, 0.2) is 5.60 Å². The molecule has 11 rings (SSSR count). The second kappa shape index (κ2) is 23.6. The van der Waals surface area contributed by atoms with Crippen molar-refractivity contribution in [2.45, 2.75) is 91.1 Å². The van der Waals surface area contributed by atoms with Gasteiger partial charge < -0.3 is 29.6 Å². The number of ether oxygens (including phenoxy) is 2. The third kappa shape index (κ3) is 11.6. The number of benzene rings is 3. The maximum absolute atomic E-state index is 13.9. The van der Waals surface area contributed by atoms with Crippen molar-refractivity contribution in [2.24, 2.45) is 0 Å². The van der Waals surface area contributed by atoms with Crippen molar-refractivity contribution in [3.8, 4) is 22.9 Å². The molecule has 0 saturated heterocycles. The molecular formula is C64H59N9O8. The number of amides is 1. The number of aromatic nitrogens is 6. The van der Waals surface area contributed by atoms with Crippen LogP contribution in [0.5, 0.6) is 11.5 Å². The van der Waals surface area contributed by atoms with Crippen molar-refractivity contribution in [3.05, 3.63) is 241 Å². The highest BCUT2D eigenvalue weighted by Crippen LogP contribution is 2.41. The lowest BCUT2D eigenvalue weighted by molar-refractivity contribution is -0.172. The first-order valence-corrected chi connectivity index (χ1v) is 27.1. The summed E-state index contributed by atoms with van der Waals surface area (Å²) in [4.78, 5) is 82.1.